The van der Waals surface area contributed by atoms with Crippen molar-refractivity contribution in [3.8, 4) is 5.75 Å². The average molecular weight is 510 g/mol. The molecule has 11 heteroatoms. The molecule has 0 radical (unpaired) electrons. The molecule has 3 fully saturated rings. The summed E-state index contributed by atoms with van der Waals surface area (Å²) < 4.78 is 5.41. The van der Waals surface area contributed by atoms with Crippen LogP contribution in [0.5, 0.6) is 5.75 Å². The maximum atomic E-state index is 13.7. The smallest absolute Gasteiger partial charge is 0.287 e. The maximum Gasteiger partial charge on any atom is 0.287 e. The van der Waals surface area contributed by atoms with Gasteiger partial charge in [-0.1, -0.05) is 12.5 Å². The van der Waals surface area contributed by atoms with E-state index in [1.54, 1.807) is 24.1 Å². The Morgan fingerprint density at radius 2 is 2.03 bits per heavy atom. The molecule has 4 amide bonds. The third kappa shape index (κ3) is 4.54. The normalized spacial score (nSPS) is 25.5. The Morgan fingerprint density at radius 3 is 2.73 bits per heavy atom. The van der Waals surface area contributed by atoms with E-state index in [1.807, 2.05) is 12.1 Å². The van der Waals surface area contributed by atoms with Gasteiger partial charge < -0.3 is 31.0 Å². The molecule has 11 nitrogen and oxygen atoms in total. The van der Waals surface area contributed by atoms with Gasteiger partial charge in [0.15, 0.2) is 0 Å². The van der Waals surface area contributed by atoms with Crippen LogP contribution in [0.4, 0.5) is 0 Å². The van der Waals surface area contributed by atoms with Gasteiger partial charge in [-0.05, 0) is 55.7 Å². The van der Waals surface area contributed by atoms with Gasteiger partial charge in [0.1, 0.15) is 17.5 Å². The average Bonchev–Trinajstić information content (AvgIpc) is 3.66. The molecule has 2 aromatic rings. The minimum atomic E-state index is -1.23. The molecule has 5 rings (SSSR count). The first kappa shape index (κ1) is 24.8. The van der Waals surface area contributed by atoms with Gasteiger partial charge in [-0.25, -0.2) is 0 Å². The largest absolute Gasteiger partial charge is 0.496 e. The van der Waals surface area contributed by atoms with Crippen LogP contribution in [0.15, 0.2) is 24.3 Å². The summed E-state index contributed by atoms with van der Waals surface area (Å²) in [7, 11) is 1.56. The molecule has 1 aromatic carbocycles. The number of likely N-dealkylation sites (tertiary alicyclic amines) is 1. The van der Waals surface area contributed by atoms with Gasteiger partial charge in [-0.2, -0.15) is 0 Å². The zero-order valence-electron chi connectivity index (χ0n) is 20.6. The van der Waals surface area contributed by atoms with Crippen LogP contribution in [-0.4, -0.2) is 71.6 Å². The second-order valence-corrected chi connectivity index (χ2v) is 10.2. The standard InChI is InChI=1S/C26H31N5O6/c1-37-20-7-3-6-17-16(20)11-19(29-17)26(36)31-12-14-4-2-5-15(14)21(31)25(35)30-18(22(32)23(27)33)10-13-8-9-28-24(13)34/h3,6-7,11,13-15,18,21,29H,2,4-5,8-10,12H2,1H3,(H2,27,33)(H,28,34)(H,30,35)/t13-,14-,15-,18-,21-/m0/s1. The van der Waals surface area contributed by atoms with Gasteiger partial charge >= 0.3 is 0 Å². The monoisotopic (exact) mass is 509 g/mol. The minimum absolute atomic E-state index is 0.0179. The molecular weight excluding hydrogens is 478 g/mol. The highest BCUT2D eigenvalue weighted by atomic mass is 16.5. The van der Waals surface area contributed by atoms with Gasteiger partial charge in [-0.3, -0.25) is 24.0 Å². The van der Waals surface area contributed by atoms with Gasteiger partial charge in [0.25, 0.3) is 11.8 Å². The lowest BCUT2D eigenvalue weighted by Crippen LogP contribution is -2.55. The summed E-state index contributed by atoms with van der Waals surface area (Å²) in [6.07, 6.45) is 3.13. The number of aromatic amines is 1. The van der Waals surface area contributed by atoms with E-state index in [9.17, 15) is 24.0 Å². The van der Waals surface area contributed by atoms with Crippen LogP contribution in [0.1, 0.15) is 42.6 Å². The topological polar surface area (TPSA) is 164 Å². The number of primary amides is 1. The molecule has 0 bridgehead atoms. The molecule has 5 atom stereocenters. The van der Waals surface area contributed by atoms with Gasteiger partial charge in [0.05, 0.1) is 13.2 Å². The predicted octanol–water partition coefficient (Wildman–Crippen LogP) is 0.483. The molecule has 1 saturated carbocycles. The highest BCUT2D eigenvalue weighted by Gasteiger charge is 2.50. The Hall–Kier alpha value is -3.89. The lowest BCUT2D eigenvalue weighted by Gasteiger charge is -2.29. The number of ketones is 1. The van der Waals surface area contributed by atoms with Crippen LogP contribution in [-0.2, 0) is 19.2 Å². The van der Waals surface area contributed by atoms with Crippen molar-refractivity contribution in [1.82, 2.24) is 20.5 Å². The van der Waals surface area contributed by atoms with Crippen LogP contribution in [0, 0.1) is 17.8 Å². The van der Waals surface area contributed by atoms with Crippen molar-refractivity contribution in [1.29, 1.82) is 0 Å². The van der Waals surface area contributed by atoms with Crippen molar-refractivity contribution in [3.63, 3.8) is 0 Å². The van der Waals surface area contributed by atoms with Gasteiger partial charge in [0, 0.05) is 29.9 Å². The van der Waals surface area contributed by atoms with E-state index >= 15 is 0 Å². The van der Waals surface area contributed by atoms with E-state index in [-0.39, 0.29) is 30.1 Å². The molecule has 5 N–H and O–H groups in total. The van der Waals surface area contributed by atoms with Gasteiger partial charge in [0.2, 0.25) is 17.6 Å². The summed E-state index contributed by atoms with van der Waals surface area (Å²) in [6.45, 7) is 0.895. The number of amides is 4. The minimum Gasteiger partial charge on any atom is -0.496 e. The number of nitrogens with one attached hydrogen (secondary N) is 3. The zero-order chi connectivity index (χ0) is 26.3. The fourth-order valence-electron chi connectivity index (χ4n) is 6.24. The lowest BCUT2D eigenvalue weighted by molar-refractivity contribution is -0.139. The highest BCUT2D eigenvalue weighted by Crippen LogP contribution is 2.43. The number of ether oxygens (including phenoxy) is 1. The van der Waals surface area contributed by atoms with E-state index in [2.05, 4.69) is 15.6 Å². The fraction of sp³-hybridized carbons (Fsp3) is 0.500. The summed E-state index contributed by atoms with van der Waals surface area (Å²) in [6, 6.07) is 5.17. The second-order valence-electron chi connectivity index (χ2n) is 10.2. The van der Waals surface area contributed by atoms with Crippen LogP contribution in [0.3, 0.4) is 0 Å². The first-order valence-electron chi connectivity index (χ1n) is 12.7. The van der Waals surface area contributed by atoms with E-state index in [0.717, 1.165) is 30.2 Å². The Kier molecular flexibility index (Phi) is 6.61. The Balaban J connectivity index is 1.41. The quantitative estimate of drug-likeness (QED) is 0.378. The third-order valence-electron chi connectivity index (χ3n) is 8.05. The Morgan fingerprint density at radius 1 is 1.22 bits per heavy atom. The lowest BCUT2D eigenvalue weighted by atomic mass is 9.92. The van der Waals surface area contributed by atoms with Crippen LogP contribution in [0.25, 0.3) is 10.9 Å². The van der Waals surface area contributed by atoms with E-state index in [4.69, 9.17) is 10.5 Å². The van der Waals surface area contributed by atoms with Crippen molar-refractivity contribution in [3.05, 3.63) is 30.0 Å². The van der Waals surface area contributed by atoms with E-state index < -0.39 is 35.6 Å². The molecule has 3 aliphatic rings. The van der Waals surface area contributed by atoms with Crippen molar-refractivity contribution < 1.29 is 28.7 Å². The molecule has 37 heavy (non-hydrogen) atoms. The molecule has 0 spiro atoms. The summed E-state index contributed by atoms with van der Waals surface area (Å²) in [5.74, 6) is -2.93. The first-order valence-corrected chi connectivity index (χ1v) is 12.7. The first-order chi connectivity index (χ1) is 17.8. The molecule has 0 unspecified atom stereocenters. The number of nitrogens with two attached hydrogens (primary N) is 1. The van der Waals surface area contributed by atoms with Crippen molar-refractivity contribution >= 4 is 40.3 Å². The Labute approximate surface area is 213 Å². The number of carbonyl (C=O) groups excluding carboxylic acids is 5. The van der Waals surface area contributed by atoms with E-state index in [0.29, 0.717) is 31.0 Å². The maximum absolute atomic E-state index is 13.7. The number of methoxy groups -OCH3 is 1. The number of hydrogen-bond donors (Lipinski definition) is 4. The number of rotatable bonds is 8. The molecule has 2 saturated heterocycles. The number of H-pyrrole nitrogens is 1. The molecule has 1 aromatic heterocycles. The van der Waals surface area contributed by atoms with Crippen LogP contribution >= 0.6 is 0 Å². The molecule has 2 aliphatic heterocycles. The number of Topliss-reactive ketones (excluding diaryl/α,β-unsaturated/α-hetero) is 1. The second kappa shape index (κ2) is 9.87. The summed E-state index contributed by atoms with van der Waals surface area (Å²) in [5, 5.41) is 6.14. The fourth-order valence-corrected chi connectivity index (χ4v) is 6.24. The number of carbonyl (C=O) groups is 5. The summed E-state index contributed by atoms with van der Waals surface area (Å²) in [4.78, 5) is 68.5. The summed E-state index contributed by atoms with van der Waals surface area (Å²) >= 11 is 0. The number of hydrogen-bond acceptors (Lipinski definition) is 6. The molecule has 1 aliphatic carbocycles. The van der Waals surface area contributed by atoms with Crippen molar-refractivity contribution in [2.75, 3.05) is 20.2 Å². The number of benzene rings is 1. The highest BCUT2D eigenvalue weighted by molar-refractivity contribution is 6.38. The van der Waals surface area contributed by atoms with Crippen molar-refractivity contribution in [2.24, 2.45) is 23.5 Å². The zero-order valence-corrected chi connectivity index (χ0v) is 20.6. The SMILES string of the molecule is COc1cccc2[nH]c(C(=O)N3C[C@@H]4CCC[C@@H]4[C@H]3C(=O)N[C@@H](C[C@@H]3CCNC3=O)C(=O)C(N)=O)cc12. The Bertz CT molecular complexity index is 1270. The molecular formula is C26H31N5O6. The third-order valence-corrected chi connectivity index (χ3v) is 8.05. The van der Waals surface area contributed by atoms with Crippen LogP contribution in [0.2, 0.25) is 0 Å². The van der Waals surface area contributed by atoms with E-state index in [1.165, 1.54) is 0 Å². The van der Waals surface area contributed by atoms with Crippen molar-refractivity contribution in [2.45, 2.75) is 44.2 Å². The number of fused-ring (bicyclic) bond motifs is 2. The van der Waals surface area contributed by atoms with Gasteiger partial charge in [-0.15, -0.1) is 0 Å². The predicted molar refractivity (Wildman–Crippen MR) is 132 cm³/mol. The van der Waals surface area contributed by atoms with Crippen LogP contribution < -0.4 is 21.1 Å². The number of aromatic nitrogens is 1. The molecule has 196 valence electrons. The number of nitrogens with zero attached hydrogens (tertiary/aromatic N) is 1. The molecule has 3 heterocycles. The summed E-state index contributed by atoms with van der Waals surface area (Å²) in [5.41, 5.74) is 6.33.